The maximum absolute atomic E-state index is 11.2. The van der Waals surface area contributed by atoms with E-state index in [9.17, 15) is 14.7 Å². The molecule has 0 fully saturated rings. The second-order valence-electron chi connectivity index (χ2n) is 3.49. The summed E-state index contributed by atoms with van der Waals surface area (Å²) in [5, 5.41) is 21.0. The molecule has 1 aliphatic rings. The second kappa shape index (κ2) is 3.77. The molecule has 0 radical (unpaired) electrons. The number of anilines is 1. The molecular weight excluding hydrogens is 234 g/mol. The molecule has 1 aliphatic heterocycles. The van der Waals surface area contributed by atoms with E-state index in [4.69, 9.17) is 16.7 Å². The fraction of sp³-hybridized carbons (Fsp3) is 0.200. The van der Waals surface area contributed by atoms with Gasteiger partial charge in [0.25, 0.3) is 0 Å². The summed E-state index contributed by atoms with van der Waals surface area (Å²) in [6, 6.07) is 2.91. The zero-order chi connectivity index (χ0) is 11.9. The number of hydrogen-bond donors (Lipinski definition) is 3. The Bertz CT molecular complexity index is 486. The summed E-state index contributed by atoms with van der Waals surface area (Å²) >= 11 is 5.78. The van der Waals surface area contributed by atoms with Crippen molar-refractivity contribution in [2.24, 2.45) is 0 Å². The van der Waals surface area contributed by atoms with Gasteiger partial charge in [-0.05, 0) is 17.7 Å². The molecule has 5 nitrogen and oxygen atoms in total. The molecule has 1 aromatic rings. The third-order valence-corrected chi connectivity index (χ3v) is 2.58. The predicted octanol–water partition coefficient (Wildman–Crippen LogP) is 0.953. The van der Waals surface area contributed by atoms with Gasteiger partial charge in [0.15, 0.2) is 6.10 Å². The average Bonchev–Trinajstić information content (AvgIpc) is 2.55. The molecule has 1 unspecified atom stereocenters. The summed E-state index contributed by atoms with van der Waals surface area (Å²) in [5.41, 5.74) is 1.07. The van der Waals surface area contributed by atoms with Crippen LogP contribution in [-0.2, 0) is 16.0 Å². The van der Waals surface area contributed by atoms with Gasteiger partial charge >= 0.3 is 5.97 Å². The number of aliphatic hydroxyl groups is 1. The Labute approximate surface area is 95.6 Å². The lowest BCUT2D eigenvalue weighted by molar-refractivity contribution is -0.146. The topological polar surface area (TPSA) is 86.6 Å². The molecule has 0 bridgehead atoms. The lowest BCUT2D eigenvalue weighted by Crippen LogP contribution is -2.13. The number of hydrogen-bond acceptors (Lipinski definition) is 3. The molecule has 1 heterocycles. The number of amides is 1. The van der Waals surface area contributed by atoms with E-state index in [1.165, 1.54) is 6.07 Å². The number of benzene rings is 1. The molecule has 0 saturated heterocycles. The van der Waals surface area contributed by atoms with E-state index in [2.05, 4.69) is 5.32 Å². The summed E-state index contributed by atoms with van der Waals surface area (Å²) in [6.45, 7) is 0. The van der Waals surface area contributed by atoms with Crippen LogP contribution in [0.5, 0.6) is 0 Å². The van der Waals surface area contributed by atoms with Crippen LogP contribution in [0, 0.1) is 0 Å². The maximum atomic E-state index is 11.2. The number of fused-ring (bicyclic) bond motifs is 1. The molecule has 0 spiro atoms. The minimum atomic E-state index is -1.69. The first-order valence-electron chi connectivity index (χ1n) is 4.52. The highest BCUT2D eigenvalue weighted by atomic mass is 35.5. The monoisotopic (exact) mass is 241 g/mol. The van der Waals surface area contributed by atoms with Crippen LogP contribution >= 0.6 is 11.6 Å². The van der Waals surface area contributed by atoms with Crippen molar-refractivity contribution < 1.29 is 19.8 Å². The summed E-state index contributed by atoms with van der Waals surface area (Å²) in [4.78, 5) is 21.9. The first kappa shape index (κ1) is 10.9. The number of rotatable bonds is 2. The van der Waals surface area contributed by atoms with Gasteiger partial charge < -0.3 is 15.5 Å². The van der Waals surface area contributed by atoms with Crippen molar-refractivity contribution in [2.75, 3.05) is 5.32 Å². The van der Waals surface area contributed by atoms with E-state index in [1.807, 2.05) is 0 Å². The van der Waals surface area contributed by atoms with Gasteiger partial charge in [0.05, 0.1) is 12.1 Å². The number of halogens is 1. The summed E-state index contributed by atoms with van der Waals surface area (Å²) in [7, 11) is 0. The summed E-state index contributed by atoms with van der Waals surface area (Å²) in [6.07, 6.45) is -1.54. The summed E-state index contributed by atoms with van der Waals surface area (Å²) < 4.78 is 0. The van der Waals surface area contributed by atoms with Gasteiger partial charge in [-0.2, -0.15) is 0 Å². The molecule has 84 valence electrons. The van der Waals surface area contributed by atoms with Crippen molar-refractivity contribution >= 4 is 29.2 Å². The molecule has 2 rings (SSSR count). The molecule has 1 aromatic carbocycles. The SMILES string of the molecule is O=C1Cc2cc(Cl)cc(C(O)C(=O)O)c2N1. The van der Waals surface area contributed by atoms with Crippen molar-refractivity contribution in [3.8, 4) is 0 Å². The maximum Gasteiger partial charge on any atom is 0.337 e. The van der Waals surface area contributed by atoms with E-state index in [-0.39, 0.29) is 17.9 Å². The number of nitrogens with one attached hydrogen (secondary N) is 1. The normalized spacial score (nSPS) is 15.5. The van der Waals surface area contributed by atoms with Gasteiger partial charge in [-0.15, -0.1) is 0 Å². The van der Waals surface area contributed by atoms with Gasteiger partial charge in [-0.3, -0.25) is 4.79 Å². The zero-order valence-corrected chi connectivity index (χ0v) is 8.78. The van der Waals surface area contributed by atoms with E-state index in [0.717, 1.165) is 0 Å². The van der Waals surface area contributed by atoms with E-state index in [0.29, 0.717) is 16.3 Å². The van der Waals surface area contributed by atoms with Crippen LogP contribution < -0.4 is 5.32 Å². The Balaban J connectivity index is 2.54. The highest BCUT2D eigenvalue weighted by Gasteiger charge is 2.27. The Morgan fingerprint density at radius 3 is 2.81 bits per heavy atom. The number of carboxylic acids is 1. The van der Waals surface area contributed by atoms with Crippen LogP contribution in [0.15, 0.2) is 12.1 Å². The Morgan fingerprint density at radius 1 is 1.50 bits per heavy atom. The van der Waals surface area contributed by atoms with Crippen molar-refractivity contribution in [3.63, 3.8) is 0 Å². The zero-order valence-electron chi connectivity index (χ0n) is 8.03. The molecule has 16 heavy (non-hydrogen) atoms. The minimum absolute atomic E-state index is 0.112. The first-order valence-corrected chi connectivity index (χ1v) is 4.90. The highest BCUT2D eigenvalue weighted by Crippen LogP contribution is 2.34. The van der Waals surface area contributed by atoms with E-state index < -0.39 is 12.1 Å². The van der Waals surface area contributed by atoms with Gasteiger partial charge in [0.1, 0.15) is 0 Å². The number of aliphatic hydroxyl groups excluding tert-OH is 1. The molecule has 6 heteroatoms. The third-order valence-electron chi connectivity index (χ3n) is 2.36. The molecule has 0 aliphatic carbocycles. The molecule has 0 saturated carbocycles. The standard InChI is InChI=1S/C10H8ClNO4/c11-5-1-4-2-7(13)12-8(4)6(3-5)9(14)10(15)16/h1,3,9,14H,2H2,(H,12,13)(H,15,16). The Hall–Kier alpha value is -1.59. The van der Waals surface area contributed by atoms with Crippen molar-refractivity contribution in [1.82, 2.24) is 0 Å². The van der Waals surface area contributed by atoms with Crippen molar-refractivity contribution in [2.45, 2.75) is 12.5 Å². The minimum Gasteiger partial charge on any atom is -0.479 e. The van der Waals surface area contributed by atoms with Crippen LogP contribution in [0.1, 0.15) is 17.2 Å². The highest BCUT2D eigenvalue weighted by molar-refractivity contribution is 6.31. The molecule has 0 aromatic heterocycles. The largest absolute Gasteiger partial charge is 0.479 e. The van der Waals surface area contributed by atoms with Crippen LogP contribution in [0.25, 0.3) is 0 Å². The fourth-order valence-electron chi connectivity index (χ4n) is 1.68. The molecular formula is C10H8ClNO4. The number of aliphatic carboxylic acids is 1. The number of carbonyl (C=O) groups excluding carboxylic acids is 1. The Morgan fingerprint density at radius 2 is 2.19 bits per heavy atom. The lowest BCUT2D eigenvalue weighted by atomic mass is 10.0. The summed E-state index contributed by atoms with van der Waals surface area (Å²) in [5.74, 6) is -1.62. The van der Waals surface area contributed by atoms with Crippen LogP contribution in [0.2, 0.25) is 5.02 Å². The third kappa shape index (κ3) is 1.75. The molecule has 1 amide bonds. The van der Waals surface area contributed by atoms with E-state index in [1.54, 1.807) is 6.07 Å². The quantitative estimate of drug-likeness (QED) is 0.720. The first-order chi connectivity index (χ1) is 7.49. The second-order valence-corrected chi connectivity index (χ2v) is 3.93. The predicted molar refractivity (Wildman–Crippen MR) is 56.4 cm³/mol. The lowest BCUT2D eigenvalue weighted by Gasteiger charge is -2.11. The van der Waals surface area contributed by atoms with Gasteiger partial charge in [-0.1, -0.05) is 11.6 Å². The van der Waals surface area contributed by atoms with Crippen LogP contribution in [-0.4, -0.2) is 22.1 Å². The van der Waals surface area contributed by atoms with Crippen LogP contribution in [0.3, 0.4) is 0 Å². The van der Waals surface area contributed by atoms with E-state index >= 15 is 0 Å². The molecule has 1 atom stereocenters. The Kier molecular flexibility index (Phi) is 2.57. The van der Waals surface area contributed by atoms with Crippen molar-refractivity contribution in [1.29, 1.82) is 0 Å². The fourth-order valence-corrected chi connectivity index (χ4v) is 1.93. The smallest absolute Gasteiger partial charge is 0.337 e. The molecule has 3 N–H and O–H groups in total. The number of carbonyl (C=O) groups is 2. The number of carboxylic acid groups (broad SMARTS) is 1. The van der Waals surface area contributed by atoms with Crippen molar-refractivity contribution in [3.05, 3.63) is 28.3 Å². The van der Waals surface area contributed by atoms with Gasteiger partial charge in [0, 0.05) is 10.6 Å². The van der Waals surface area contributed by atoms with Gasteiger partial charge in [-0.25, -0.2) is 4.79 Å². The van der Waals surface area contributed by atoms with Gasteiger partial charge in [0.2, 0.25) is 5.91 Å². The average molecular weight is 242 g/mol. The van der Waals surface area contributed by atoms with Crippen LogP contribution in [0.4, 0.5) is 5.69 Å².